The van der Waals surface area contributed by atoms with Crippen LogP contribution in [0, 0.1) is 5.92 Å². The summed E-state index contributed by atoms with van der Waals surface area (Å²) < 4.78 is 11.5. The zero-order chi connectivity index (χ0) is 19.8. The van der Waals surface area contributed by atoms with Gasteiger partial charge in [-0.25, -0.2) is 0 Å². The van der Waals surface area contributed by atoms with Crippen molar-refractivity contribution in [1.82, 2.24) is 16.2 Å². The maximum absolute atomic E-state index is 12.0. The molecule has 148 valence electrons. The van der Waals surface area contributed by atoms with Crippen molar-refractivity contribution in [2.24, 2.45) is 5.92 Å². The fraction of sp³-hybridized carbons (Fsp3) is 0.500. The zero-order valence-corrected chi connectivity index (χ0v) is 17.2. The summed E-state index contributed by atoms with van der Waals surface area (Å²) in [5, 5.41) is 3.44. The summed E-state index contributed by atoms with van der Waals surface area (Å²) in [6.45, 7) is 9.58. The van der Waals surface area contributed by atoms with Gasteiger partial charge in [0.25, 0.3) is 5.91 Å². The molecule has 1 amide bonds. The van der Waals surface area contributed by atoms with Gasteiger partial charge in [0.2, 0.25) is 0 Å². The Labute approximate surface area is 166 Å². The summed E-state index contributed by atoms with van der Waals surface area (Å²) in [7, 11) is 0. The lowest BCUT2D eigenvalue weighted by atomic mass is 10.1. The van der Waals surface area contributed by atoms with E-state index < -0.39 is 0 Å². The number of benzene rings is 1. The van der Waals surface area contributed by atoms with Gasteiger partial charge >= 0.3 is 0 Å². The number of rotatable bonds is 7. The Hall–Kier alpha value is -2.28. The van der Waals surface area contributed by atoms with Crippen LogP contribution >= 0.6 is 12.2 Å². The standard InChI is InChI=1S/C20H29N3O3S/c1-5-25-17-12-16-10-14(4)26-18(16)11-15(17)6-7-19(24)22-23-20(27)21-9-8-13(2)3/h6-7,11-14H,5,8-10H2,1-4H3,(H,22,24)(H2,21,23,27)/b7-6+/t14-/m1/s1. The van der Waals surface area contributed by atoms with Gasteiger partial charge in [-0.1, -0.05) is 13.8 Å². The highest BCUT2D eigenvalue weighted by Crippen LogP contribution is 2.35. The Morgan fingerprint density at radius 3 is 2.89 bits per heavy atom. The highest BCUT2D eigenvalue weighted by Gasteiger charge is 2.21. The highest BCUT2D eigenvalue weighted by molar-refractivity contribution is 7.80. The molecular formula is C20H29N3O3S. The Morgan fingerprint density at radius 1 is 1.41 bits per heavy atom. The Morgan fingerprint density at radius 2 is 2.19 bits per heavy atom. The van der Waals surface area contributed by atoms with Crippen molar-refractivity contribution >= 4 is 29.3 Å². The van der Waals surface area contributed by atoms with Gasteiger partial charge in [0.05, 0.1) is 6.61 Å². The topological polar surface area (TPSA) is 71.6 Å². The number of carbonyl (C=O) groups is 1. The summed E-state index contributed by atoms with van der Waals surface area (Å²) in [6, 6.07) is 3.91. The van der Waals surface area contributed by atoms with E-state index in [0.29, 0.717) is 17.6 Å². The van der Waals surface area contributed by atoms with Gasteiger partial charge in [0, 0.05) is 30.2 Å². The third-order valence-corrected chi connectivity index (χ3v) is 4.30. The average molecular weight is 392 g/mol. The summed E-state index contributed by atoms with van der Waals surface area (Å²) in [5.41, 5.74) is 7.18. The van der Waals surface area contributed by atoms with Gasteiger partial charge in [0.15, 0.2) is 5.11 Å². The monoisotopic (exact) mass is 391 g/mol. The molecule has 27 heavy (non-hydrogen) atoms. The van der Waals surface area contributed by atoms with Gasteiger partial charge in [-0.15, -0.1) is 0 Å². The normalized spacial score (nSPS) is 15.4. The number of hydrogen-bond donors (Lipinski definition) is 3. The predicted octanol–water partition coefficient (Wildman–Crippen LogP) is 2.96. The second-order valence-corrected chi connectivity index (χ2v) is 7.36. The second kappa shape index (κ2) is 10.2. The van der Waals surface area contributed by atoms with E-state index in [1.54, 1.807) is 6.08 Å². The number of ether oxygens (including phenoxy) is 2. The molecule has 0 bridgehead atoms. The molecule has 2 rings (SSSR count). The molecule has 1 aliphatic heterocycles. The van der Waals surface area contributed by atoms with Crippen LogP contribution in [-0.2, 0) is 11.2 Å². The van der Waals surface area contributed by atoms with Gasteiger partial charge in [-0.2, -0.15) is 0 Å². The first-order chi connectivity index (χ1) is 12.9. The van der Waals surface area contributed by atoms with E-state index in [1.807, 2.05) is 26.0 Å². The molecule has 1 atom stereocenters. The summed E-state index contributed by atoms with van der Waals surface area (Å²) in [4.78, 5) is 12.0. The van der Waals surface area contributed by atoms with E-state index in [0.717, 1.165) is 42.0 Å². The lowest BCUT2D eigenvalue weighted by molar-refractivity contribution is -0.116. The molecule has 1 heterocycles. The summed E-state index contributed by atoms with van der Waals surface area (Å²) >= 11 is 5.12. The summed E-state index contributed by atoms with van der Waals surface area (Å²) in [6.07, 6.45) is 5.18. The molecule has 0 saturated heterocycles. The van der Waals surface area contributed by atoms with Crippen LogP contribution < -0.4 is 25.6 Å². The Balaban J connectivity index is 1.91. The van der Waals surface area contributed by atoms with Gasteiger partial charge < -0.3 is 14.8 Å². The van der Waals surface area contributed by atoms with Crippen LogP contribution in [0.1, 0.15) is 45.2 Å². The second-order valence-electron chi connectivity index (χ2n) is 6.95. The molecule has 1 aromatic carbocycles. The van der Waals surface area contributed by atoms with E-state index in [9.17, 15) is 4.79 Å². The van der Waals surface area contributed by atoms with Crippen LogP contribution in [0.25, 0.3) is 6.08 Å². The quantitative estimate of drug-likeness (QED) is 0.377. The SMILES string of the molecule is CCOc1cc2c(cc1/C=C/C(=O)NNC(=S)NCCC(C)C)O[C@H](C)C2. The van der Waals surface area contributed by atoms with E-state index in [1.165, 1.54) is 6.08 Å². The van der Waals surface area contributed by atoms with Crippen LogP contribution in [0.4, 0.5) is 0 Å². The lowest BCUT2D eigenvalue weighted by Gasteiger charge is -2.12. The Kier molecular flexibility index (Phi) is 7.91. The van der Waals surface area contributed by atoms with Crippen LogP contribution in [-0.4, -0.2) is 30.3 Å². The first kappa shape index (κ1) is 21.0. The molecular weight excluding hydrogens is 362 g/mol. The Bertz CT molecular complexity index is 704. The minimum absolute atomic E-state index is 0.158. The van der Waals surface area contributed by atoms with E-state index in [-0.39, 0.29) is 12.0 Å². The zero-order valence-electron chi connectivity index (χ0n) is 16.4. The van der Waals surface area contributed by atoms with Gasteiger partial charge in [-0.3, -0.25) is 15.6 Å². The highest BCUT2D eigenvalue weighted by atomic mass is 32.1. The number of nitrogens with one attached hydrogen (secondary N) is 3. The molecule has 1 aliphatic rings. The molecule has 0 fully saturated rings. The number of fused-ring (bicyclic) bond motifs is 1. The van der Waals surface area contributed by atoms with Crippen molar-refractivity contribution in [1.29, 1.82) is 0 Å². The molecule has 7 heteroatoms. The third-order valence-electron chi connectivity index (χ3n) is 4.05. The van der Waals surface area contributed by atoms with E-state index in [4.69, 9.17) is 21.7 Å². The van der Waals surface area contributed by atoms with Crippen LogP contribution in [0.5, 0.6) is 11.5 Å². The van der Waals surface area contributed by atoms with Crippen molar-refractivity contribution in [3.63, 3.8) is 0 Å². The van der Waals surface area contributed by atoms with E-state index in [2.05, 4.69) is 30.0 Å². The van der Waals surface area contributed by atoms with Crippen molar-refractivity contribution in [3.8, 4) is 11.5 Å². The van der Waals surface area contributed by atoms with Crippen molar-refractivity contribution in [3.05, 3.63) is 29.3 Å². The molecule has 0 aliphatic carbocycles. The number of thiocarbonyl (C=S) groups is 1. The average Bonchev–Trinajstić information content (AvgIpc) is 2.96. The number of hydrogen-bond acceptors (Lipinski definition) is 4. The van der Waals surface area contributed by atoms with Crippen molar-refractivity contribution in [2.45, 2.75) is 46.6 Å². The van der Waals surface area contributed by atoms with E-state index >= 15 is 0 Å². The fourth-order valence-corrected chi connectivity index (χ4v) is 2.86. The maximum atomic E-state index is 12.0. The molecule has 3 N–H and O–H groups in total. The van der Waals surface area contributed by atoms with Gasteiger partial charge in [0.1, 0.15) is 17.6 Å². The minimum Gasteiger partial charge on any atom is -0.493 e. The molecule has 0 unspecified atom stereocenters. The molecule has 0 spiro atoms. The first-order valence-electron chi connectivity index (χ1n) is 9.37. The summed E-state index contributed by atoms with van der Waals surface area (Å²) in [5.74, 6) is 1.88. The fourth-order valence-electron chi connectivity index (χ4n) is 2.71. The molecule has 6 nitrogen and oxygen atoms in total. The number of amides is 1. The first-order valence-corrected chi connectivity index (χ1v) is 9.78. The largest absolute Gasteiger partial charge is 0.493 e. The van der Waals surface area contributed by atoms with Crippen LogP contribution in [0.2, 0.25) is 0 Å². The van der Waals surface area contributed by atoms with Gasteiger partial charge in [-0.05, 0) is 56.6 Å². The maximum Gasteiger partial charge on any atom is 0.262 e. The molecule has 0 radical (unpaired) electrons. The van der Waals surface area contributed by atoms with Crippen LogP contribution in [0.15, 0.2) is 18.2 Å². The van der Waals surface area contributed by atoms with Crippen molar-refractivity contribution < 1.29 is 14.3 Å². The van der Waals surface area contributed by atoms with Crippen molar-refractivity contribution in [2.75, 3.05) is 13.2 Å². The molecule has 0 saturated carbocycles. The minimum atomic E-state index is -0.305. The predicted molar refractivity (Wildman–Crippen MR) is 112 cm³/mol. The molecule has 1 aromatic rings. The third kappa shape index (κ3) is 6.75. The number of carbonyl (C=O) groups excluding carboxylic acids is 1. The lowest BCUT2D eigenvalue weighted by Crippen LogP contribution is -2.46. The number of hydrazine groups is 1. The van der Waals surface area contributed by atoms with Crippen LogP contribution in [0.3, 0.4) is 0 Å². The smallest absolute Gasteiger partial charge is 0.262 e. The molecule has 0 aromatic heterocycles.